The SMILES string of the molecule is COc1ccccc1CNC(=O)C(CC1CCCCC1)C(=O)NCC#N. The number of hydrogen-bond acceptors (Lipinski definition) is 4. The summed E-state index contributed by atoms with van der Waals surface area (Å²) in [6.45, 7) is 0.218. The van der Waals surface area contributed by atoms with Gasteiger partial charge in [0.25, 0.3) is 0 Å². The minimum Gasteiger partial charge on any atom is -0.496 e. The van der Waals surface area contributed by atoms with Crippen molar-refractivity contribution in [3.63, 3.8) is 0 Å². The zero-order valence-electron chi connectivity index (χ0n) is 15.3. The zero-order valence-corrected chi connectivity index (χ0v) is 15.3. The largest absolute Gasteiger partial charge is 0.496 e. The van der Waals surface area contributed by atoms with E-state index in [9.17, 15) is 9.59 Å². The minimum absolute atomic E-state index is 0.0835. The highest BCUT2D eigenvalue weighted by atomic mass is 16.5. The normalized spacial score (nSPS) is 15.5. The molecule has 6 heteroatoms. The molecule has 1 unspecified atom stereocenters. The Morgan fingerprint density at radius 2 is 1.88 bits per heavy atom. The summed E-state index contributed by atoms with van der Waals surface area (Å²) in [6, 6.07) is 9.35. The van der Waals surface area contributed by atoms with Gasteiger partial charge in [-0.25, -0.2) is 0 Å². The Kier molecular flexibility index (Phi) is 7.94. The average Bonchev–Trinajstić information content (AvgIpc) is 2.69. The number of carbonyl (C=O) groups is 2. The Morgan fingerprint density at radius 3 is 2.58 bits per heavy atom. The van der Waals surface area contributed by atoms with Gasteiger partial charge in [0.1, 0.15) is 18.2 Å². The van der Waals surface area contributed by atoms with E-state index in [1.807, 2.05) is 30.3 Å². The van der Waals surface area contributed by atoms with E-state index in [-0.39, 0.29) is 18.4 Å². The predicted octanol–water partition coefficient (Wildman–Crippen LogP) is 2.54. The number of nitriles is 1. The van der Waals surface area contributed by atoms with Crippen LogP contribution in [0.5, 0.6) is 5.75 Å². The molecule has 26 heavy (non-hydrogen) atoms. The van der Waals surface area contributed by atoms with Crippen LogP contribution in [0.15, 0.2) is 24.3 Å². The lowest BCUT2D eigenvalue weighted by atomic mass is 9.82. The van der Waals surface area contributed by atoms with E-state index < -0.39 is 5.92 Å². The van der Waals surface area contributed by atoms with E-state index in [4.69, 9.17) is 10.00 Å². The number of ether oxygens (including phenoxy) is 1. The first-order valence-corrected chi connectivity index (χ1v) is 9.20. The van der Waals surface area contributed by atoms with Crippen LogP contribution in [-0.4, -0.2) is 25.5 Å². The van der Waals surface area contributed by atoms with Gasteiger partial charge >= 0.3 is 0 Å². The van der Waals surface area contributed by atoms with Crippen LogP contribution in [0.2, 0.25) is 0 Å². The monoisotopic (exact) mass is 357 g/mol. The van der Waals surface area contributed by atoms with Crippen LogP contribution in [0.3, 0.4) is 0 Å². The van der Waals surface area contributed by atoms with Crippen molar-refractivity contribution in [3.8, 4) is 11.8 Å². The average molecular weight is 357 g/mol. The second kappa shape index (κ2) is 10.4. The number of amides is 2. The fourth-order valence-electron chi connectivity index (χ4n) is 3.49. The molecule has 0 radical (unpaired) electrons. The highest BCUT2D eigenvalue weighted by Crippen LogP contribution is 2.29. The van der Waals surface area contributed by atoms with Crippen LogP contribution in [-0.2, 0) is 16.1 Å². The van der Waals surface area contributed by atoms with Gasteiger partial charge in [-0.05, 0) is 18.4 Å². The van der Waals surface area contributed by atoms with Crippen molar-refractivity contribution in [3.05, 3.63) is 29.8 Å². The maximum Gasteiger partial charge on any atom is 0.233 e. The Bertz CT molecular complexity index is 648. The van der Waals surface area contributed by atoms with Crippen LogP contribution in [0.4, 0.5) is 0 Å². The fraction of sp³-hybridized carbons (Fsp3) is 0.550. The van der Waals surface area contributed by atoms with Crippen molar-refractivity contribution < 1.29 is 14.3 Å². The number of methoxy groups -OCH3 is 1. The predicted molar refractivity (Wildman–Crippen MR) is 98.1 cm³/mol. The number of nitrogens with one attached hydrogen (secondary N) is 2. The summed E-state index contributed by atoms with van der Waals surface area (Å²) in [5.74, 6) is -0.336. The molecule has 1 aromatic carbocycles. The first-order chi connectivity index (χ1) is 12.7. The minimum atomic E-state index is -0.763. The Morgan fingerprint density at radius 1 is 1.19 bits per heavy atom. The third-order valence-electron chi connectivity index (χ3n) is 4.91. The molecular weight excluding hydrogens is 330 g/mol. The van der Waals surface area contributed by atoms with Crippen molar-refractivity contribution >= 4 is 11.8 Å². The van der Waals surface area contributed by atoms with Crippen LogP contribution in [0, 0.1) is 23.2 Å². The third-order valence-corrected chi connectivity index (χ3v) is 4.91. The molecule has 1 saturated carbocycles. The lowest BCUT2D eigenvalue weighted by molar-refractivity contribution is -0.136. The molecule has 0 heterocycles. The number of rotatable bonds is 8. The zero-order chi connectivity index (χ0) is 18.8. The maximum absolute atomic E-state index is 12.7. The topological polar surface area (TPSA) is 91.2 Å². The molecule has 1 aliphatic carbocycles. The van der Waals surface area contributed by atoms with Crippen molar-refractivity contribution in [2.45, 2.75) is 45.1 Å². The maximum atomic E-state index is 12.7. The highest BCUT2D eigenvalue weighted by molar-refractivity contribution is 6.00. The second-order valence-electron chi connectivity index (χ2n) is 6.70. The third kappa shape index (κ3) is 5.76. The van der Waals surface area contributed by atoms with Crippen molar-refractivity contribution in [1.29, 1.82) is 5.26 Å². The van der Waals surface area contributed by atoms with E-state index in [1.165, 1.54) is 6.42 Å². The smallest absolute Gasteiger partial charge is 0.233 e. The molecule has 1 fully saturated rings. The Balaban J connectivity index is 2.01. The van der Waals surface area contributed by atoms with Gasteiger partial charge in [-0.2, -0.15) is 5.26 Å². The molecule has 0 saturated heterocycles. The Hall–Kier alpha value is -2.55. The van der Waals surface area contributed by atoms with Crippen LogP contribution in [0.25, 0.3) is 0 Å². The molecule has 2 amide bonds. The van der Waals surface area contributed by atoms with E-state index in [1.54, 1.807) is 7.11 Å². The van der Waals surface area contributed by atoms with E-state index in [0.717, 1.165) is 31.2 Å². The number of nitrogens with zero attached hydrogens (tertiary/aromatic N) is 1. The van der Waals surface area contributed by atoms with Gasteiger partial charge in [0.15, 0.2) is 0 Å². The summed E-state index contributed by atoms with van der Waals surface area (Å²) in [5, 5.41) is 14.1. The van der Waals surface area contributed by atoms with Gasteiger partial charge in [-0.15, -0.1) is 0 Å². The molecule has 1 aromatic rings. The van der Waals surface area contributed by atoms with Crippen LogP contribution in [0.1, 0.15) is 44.1 Å². The van der Waals surface area contributed by atoms with Gasteiger partial charge in [0.2, 0.25) is 11.8 Å². The molecule has 0 aliphatic heterocycles. The number of benzene rings is 1. The van der Waals surface area contributed by atoms with E-state index in [0.29, 0.717) is 24.6 Å². The van der Waals surface area contributed by atoms with Crippen molar-refractivity contribution in [1.82, 2.24) is 10.6 Å². The summed E-state index contributed by atoms with van der Waals surface area (Å²) in [6.07, 6.45) is 6.18. The first kappa shape index (κ1) is 19.8. The van der Waals surface area contributed by atoms with Gasteiger partial charge in [0, 0.05) is 12.1 Å². The molecule has 6 nitrogen and oxygen atoms in total. The summed E-state index contributed by atoms with van der Waals surface area (Å²) in [4.78, 5) is 25.1. The first-order valence-electron chi connectivity index (χ1n) is 9.20. The standard InChI is InChI=1S/C20H27N3O3/c1-26-18-10-6-5-9-16(18)14-23-20(25)17(19(24)22-12-11-21)13-15-7-3-2-4-8-15/h5-6,9-10,15,17H,2-4,7-8,12-14H2,1H3,(H,22,24)(H,23,25). The van der Waals surface area contributed by atoms with E-state index >= 15 is 0 Å². The molecule has 1 atom stereocenters. The molecule has 0 spiro atoms. The van der Waals surface area contributed by atoms with Gasteiger partial charge in [-0.3, -0.25) is 9.59 Å². The van der Waals surface area contributed by atoms with Crippen molar-refractivity contribution in [2.24, 2.45) is 11.8 Å². The lowest BCUT2D eigenvalue weighted by Gasteiger charge is -2.25. The van der Waals surface area contributed by atoms with E-state index in [2.05, 4.69) is 10.6 Å². The summed E-state index contributed by atoms with van der Waals surface area (Å²) in [5.41, 5.74) is 0.859. The van der Waals surface area contributed by atoms with Crippen LogP contribution >= 0.6 is 0 Å². The molecule has 0 bridgehead atoms. The van der Waals surface area contributed by atoms with Gasteiger partial charge in [-0.1, -0.05) is 50.3 Å². The Labute approximate surface area is 154 Å². The number of carbonyl (C=O) groups excluding carboxylic acids is 2. The fourth-order valence-corrected chi connectivity index (χ4v) is 3.49. The summed E-state index contributed by atoms with van der Waals surface area (Å²) in [7, 11) is 1.59. The number of para-hydroxylation sites is 1. The quantitative estimate of drug-likeness (QED) is 0.552. The molecule has 140 valence electrons. The molecule has 0 aromatic heterocycles. The highest BCUT2D eigenvalue weighted by Gasteiger charge is 2.30. The second-order valence-corrected chi connectivity index (χ2v) is 6.70. The molecular formula is C20H27N3O3. The molecule has 2 rings (SSSR count). The summed E-state index contributed by atoms with van der Waals surface area (Å²) >= 11 is 0. The summed E-state index contributed by atoms with van der Waals surface area (Å²) < 4.78 is 5.29. The van der Waals surface area contributed by atoms with Gasteiger partial charge in [0.05, 0.1) is 13.2 Å². The van der Waals surface area contributed by atoms with Gasteiger partial charge < -0.3 is 15.4 Å². The molecule has 1 aliphatic rings. The molecule has 2 N–H and O–H groups in total. The van der Waals surface area contributed by atoms with Crippen molar-refractivity contribution in [2.75, 3.05) is 13.7 Å². The lowest BCUT2D eigenvalue weighted by Crippen LogP contribution is -2.42. The van der Waals surface area contributed by atoms with Crippen LogP contribution < -0.4 is 15.4 Å². The number of hydrogen-bond donors (Lipinski definition) is 2.